The van der Waals surface area contributed by atoms with Gasteiger partial charge in [-0.1, -0.05) is 37.3 Å². The summed E-state index contributed by atoms with van der Waals surface area (Å²) in [6.45, 7) is 2.06. The number of benzene rings is 2. The molecule has 146 valence electrons. The zero-order valence-electron chi connectivity index (χ0n) is 15.5. The highest BCUT2D eigenvalue weighted by Gasteiger charge is 2.29. The fraction of sp³-hybridized carbons (Fsp3) is 0.300. The number of nitro groups is 1. The molecule has 2 aromatic rings. The summed E-state index contributed by atoms with van der Waals surface area (Å²) in [7, 11) is 0. The molecular formula is C20H21N3O5. The van der Waals surface area contributed by atoms with Gasteiger partial charge in [-0.25, -0.2) is 0 Å². The molecule has 1 heterocycles. The second-order valence-electron chi connectivity index (χ2n) is 6.50. The molecule has 0 fully saturated rings. The first kappa shape index (κ1) is 19.3. The highest BCUT2D eigenvalue weighted by molar-refractivity contribution is 6.02. The summed E-state index contributed by atoms with van der Waals surface area (Å²) >= 11 is 0. The minimum absolute atomic E-state index is 0.166. The molecule has 1 atom stereocenters. The van der Waals surface area contributed by atoms with Crippen molar-refractivity contribution in [3.63, 3.8) is 0 Å². The second kappa shape index (κ2) is 8.51. The summed E-state index contributed by atoms with van der Waals surface area (Å²) in [5.74, 6) is -0.243. The summed E-state index contributed by atoms with van der Waals surface area (Å²) in [5, 5.41) is 13.9. The first-order valence-electron chi connectivity index (χ1n) is 9.02. The van der Waals surface area contributed by atoms with Crippen LogP contribution in [0.25, 0.3) is 0 Å². The molecule has 1 aliphatic rings. The number of anilines is 1. The SMILES string of the molecule is CCC(CNC(=O)CN1C(=O)COc2ccc([N+](=O)[O-])cc21)c1ccccc1. The molecule has 1 aliphatic heterocycles. The van der Waals surface area contributed by atoms with Crippen molar-refractivity contribution in [2.75, 3.05) is 24.6 Å². The van der Waals surface area contributed by atoms with Gasteiger partial charge in [0.25, 0.3) is 11.6 Å². The van der Waals surface area contributed by atoms with E-state index in [2.05, 4.69) is 5.32 Å². The monoisotopic (exact) mass is 383 g/mol. The van der Waals surface area contributed by atoms with Gasteiger partial charge in [0.15, 0.2) is 6.61 Å². The molecule has 0 bridgehead atoms. The van der Waals surface area contributed by atoms with Gasteiger partial charge in [0, 0.05) is 24.6 Å². The van der Waals surface area contributed by atoms with E-state index in [1.54, 1.807) is 0 Å². The first-order chi connectivity index (χ1) is 13.5. The Morgan fingerprint density at radius 3 is 2.71 bits per heavy atom. The van der Waals surface area contributed by atoms with E-state index in [4.69, 9.17) is 4.74 Å². The van der Waals surface area contributed by atoms with E-state index in [1.807, 2.05) is 37.3 Å². The van der Waals surface area contributed by atoms with Crippen LogP contribution in [0.15, 0.2) is 48.5 Å². The molecule has 0 aromatic heterocycles. The number of carbonyl (C=O) groups is 2. The van der Waals surface area contributed by atoms with E-state index < -0.39 is 10.8 Å². The van der Waals surface area contributed by atoms with Crippen LogP contribution in [-0.4, -0.2) is 36.4 Å². The number of nitro benzene ring substituents is 1. The van der Waals surface area contributed by atoms with Crippen LogP contribution in [0.4, 0.5) is 11.4 Å². The lowest BCUT2D eigenvalue weighted by Gasteiger charge is -2.28. The predicted octanol–water partition coefficient (Wildman–Crippen LogP) is 2.63. The Morgan fingerprint density at radius 1 is 1.29 bits per heavy atom. The molecule has 0 spiro atoms. The Morgan fingerprint density at radius 2 is 2.04 bits per heavy atom. The molecule has 1 unspecified atom stereocenters. The number of amides is 2. The Balaban J connectivity index is 1.69. The molecule has 3 rings (SSSR count). The number of fused-ring (bicyclic) bond motifs is 1. The standard InChI is InChI=1S/C20H21N3O5/c1-2-14(15-6-4-3-5-7-15)11-21-19(24)12-22-17-10-16(23(26)27)8-9-18(17)28-13-20(22)25/h3-10,14H,2,11-13H2,1H3,(H,21,24). The second-order valence-corrected chi connectivity index (χ2v) is 6.50. The van der Waals surface area contributed by atoms with Crippen LogP contribution in [0.1, 0.15) is 24.8 Å². The van der Waals surface area contributed by atoms with E-state index >= 15 is 0 Å². The van der Waals surface area contributed by atoms with Gasteiger partial charge in [0.2, 0.25) is 5.91 Å². The fourth-order valence-corrected chi connectivity index (χ4v) is 3.14. The van der Waals surface area contributed by atoms with Crippen LogP contribution in [0.2, 0.25) is 0 Å². The van der Waals surface area contributed by atoms with Crippen molar-refractivity contribution in [3.05, 3.63) is 64.2 Å². The lowest BCUT2D eigenvalue weighted by atomic mass is 9.96. The van der Waals surface area contributed by atoms with Crippen molar-refractivity contribution in [1.82, 2.24) is 5.32 Å². The van der Waals surface area contributed by atoms with Gasteiger partial charge >= 0.3 is 0 Å². The third kappa shape index (κ3) is 4.28. The van der Waals surface area contributed by atoms with E-state index in [0.29, 0.717) is 12.3 Å². The lowest BCUT2D eigenvalue weighted by molar-refractivity contribution is -0.384. The molecule has 2 amide bonds. The van der Waals surface area contributed by atoms with Gasteiger partial charge in [-0.3, -0.25) is 24.6 Å². The molecule has 8 nitrogen and oxygen atoms in total. The number of nitrogens with one attached hydrogen (secondary N) is 1. The summed E-state index contributed by atoms with van der Waals surface area (Å²) in [4.78, 5) is 36.4. The third-order valence-electron chi connectivity index (χ3n) is 4.71. The minimum atomic E-state index is -0.552. The van der Waals surface area contributed by atoms with Gasteiger partial charge in [-0.2, -0.15) is 0 Å². The average Bonchev–Trinajstić information content (AvgIpc) is 2.71. The van der Waals surface area contributed by atoms with Gasteiger partial charge in [-0.05, 0) is 18.1 Å². The molecule has 28 heavy (non-hydrogen) atoms. The van der Waals surface area contributed by atoms with Crippen LogP contribution in [0.5, 0.6) is 5.75 Å². The number of hydrogen-bond acceptors (Lipinski definition) is 5. The van der Waals surface area contributed by atoms with Crippen LogP contribution < -0.4 is 15.0 Å². The van der Waals surface area contributed by atoms with Crippen molar-refractivity contribution in [1.29, 1.82) is 0 Å². The van der Waals surface area contributed by atoms with Gasteiger partial charge in [-0.15, -0.1) is 0 Å². The maximum atomic E-state index is 12.5. The fourth-order valence-electron chi connectivity index (χ4n) is 3.14. The molecule has 0 saturated heterocycles. The highest BCUT2D eigenvalue weighted by atomic mass is 16.6. The maximum Gasteiger partial charge on any atom is 0.271 e. The molecule has 1 N–H and O–H groups in total. The van der Waals surface area contributed by atoms with Crippen LogP contribution in [0.3, 0.4) is 0 Å². The molecule has 0 saturated carbocycles. The van der Waals surface area contributed by atoms with Crippen molar-refractivity contribution in [2.24, 2.45) is 0 Å². The summed E-state index contributed by atoms with van der Waals surface area (Å²) < 4.78 is 5.31. The van der Waals surface area contributed by atoms with Gasteiger partial charge < -0.3 is 10.1 Å². The maximum absolute atomic E-state index is 12.5. The van der Waals surface area contributed by atoms with Gasteiger partial charge in [0.05, 0.1) is 10.6 Å². The first-order valence-corrected chi connectivity index (χ1v) is 9.02. The molecular weight excluding hydrogens is 362 g/mol. The summed E-state index contributed by atoms with van der Waals surface area (Å²) in [5.41, 5.74) is 1.20. The summed E-state index contributed by atoms with van der Waals surface area (Å²) in [6, 6.07) is 13.9. The largest absolute Gasteiger partial charge is 0.482 e. The van der Waals surface area contributed by atoms with E-state index in [1.165, 1.54) is 23.1 Å². The van der Waals surface area contributed by atoms with Crippen molar-refractivity contribution < 1.29 is 19.2 Å². The Bertz CT molecular complexity index is 885. The quantitative estimate of drug-likeness (QED) is 0.585. The highest BCUT2D eigenvalue weighted by Crippen LogP contribution is 2.35. The Labute approximate surface area is 162 Å². The number of rotatable bonds is 7. The summed E-state index contributed by atoms with van der Waals surface area (Å²) in [6.07, 6.45) is 0.857. The molecule has 2 aromatic carbocycles. The van der Waals surface area contributed by atoms with E-state index in [-0.39, 0.29) is 36.4 Å². The zero-order valence-corrected chi connectivity index (χ0v) is 15.5. The molecule has 0 radical (unpaired) electrons. The van der Waals surface area contributed by atoms with Gasteiger partial charge in [0.1, 0.15) is 12.3 Å². The average molecular weight is 383 g/mol. The smallest absolute Gasteiger partial charge is 0.271 e. The number of ether oxygens (including phenoxy) is 1. The van der Waals surface area contributed by atoms with E-state index in [0.717, 1.165) is 12.0 Å². The topological polar surface area (TPSA) is 102 Å². The minimum Gasteiger partial charge on any atom is -0.482 e. The van der Waals surface area contributed by atoms with Crippen LogP contribution in [-0.2, 0) is 9.59 Å². The van der Waals surface area contributed by atoms with Crippen molar-refractivity contribution in [2.45, 2.75) is 19.3 Å². The number of carbonyl (C=O) groups excluding carboxylic acids is 2. The van der Waals surface area contributed by atoms with E-state index in [9.17, 15) is 19.7 Å². The normalized spacial score (nSPS) is 14.0. The lowest BCUT2D eigenvalue weighted by Crippen LogP contribution is -2.45. The molecule has 0 aliphatic carbocycles. The van der Waals surface area contributed by atoms with Crippen LogP contribution in [0, 0.1) is 10.1 Å². The van der Waals surface area contributed by atoms with Crippen LogP contribution >= 0.6 is 0 Å². The van der Waals surface area contributed by atoms with Crippen molar-refractivity contribution >= 4 is 23.2 Å². The van der Waals surface area contributed by atoms with Crippen molar-refractivity contribution in [3.8, 4) is 5.75 Å². The third-order valence-corrected chi connectivity index (χ3v) is 4.71. The Kier molecular flexibility index (Phi) is 5.88. The molecule has 8 heteroatoms. The zero-order chi connectivity index (χ0) is 20.1. The predicted molar refractivity (Wildman–Crippen MR) is 103 cm³/mol. The number of nitrogens with zero attached hydrogens (tertiary/aromatic N) is 2. The number of non-ortho nitro benzene ring substituents is 1. The Hall–Kier alpha value is -3.42. The number of hydrogen-bond donors (Lipinski definition) is 1.